The monoisotopic (exact) mass is 434 g/mol. The van der Waals surface area contributed by atoms with Crippen LogP contribution in [0.4, 0.5) is 10.7 Å². The third-order valence-corrected chi connectivity index (χ3v) is 6.12. The number of hydrogen-bond donors (Lipinski definition) is 2. The van der Waals surface area contributed by atoms with Crippen LogP contribution in [0.3, 0.4) is 0 Å². The van der Waals surface area contributed by atoms with Crippen molar-refractivity contribution in [2.45, 2.75) is 32.1 Å². The molecule has 144 valence electrons. The highest BCUT2D eigenvalue weighted by molar-refractivity contribution is 7.80. The zero-order chi connectivity index (χ0) is 20.3. The second-order valence-corrected chi connectivity index (χ2v) is 8.13. The number of thiocarbonyl (C=S) groups is 1. The number of benzene rings is 1. The average molecular weight is 435 g/mol. The molecule has 1 heterocycles. The molecule has 10 heteroatoms. The Bertz CT molecular complexity index is 1010. The predicted octanol–water partition coefficient (Wildman–Crippen LogP) is 4.58. The smallest absolute Gasteiger partial charge is 0.270 e. The van der Waals surface area contributed by atoms with Gasteiger partial charge >= 0.3 is 0 Å². The first-order chi connectivity index (χ1) is 13.4. The molecule has 0 saturated heterocycles. The number of nitro groups is 1. The predicted molar refractivity (Wildman–Crippen MR) is 112 cm³/mol. The summed E-state index contributed by atoms with van der Waals surface area (Å²) in [4.78, 5) is 23.7. The summed E-state index contributed by atoms with van der Waals surface area (Å²) in [5, 5.41) is 26.4. The lowest BCUT2D eigenvalue weighted by atomic mass is 10.1. The number of nitriles is 1. The Morgan fingerprint density at radius 2 is 2.07 bits per heavy atom. The molecule has 3 rings (SSSR count). The summed E-state index contributed by atoms with van der Waals surface area (Å²) >= 11 is 12.7. The molecule has 0 aliphatic heterocycles. The zero-order valence-corrected chi connectivity index (χ0v) is 17.0. The fourth-order valence-electron chi connectivity index (χ4n) is 3.06. The number of hydrogen-bond acceptors (Lipinski definition) is 6. The SMILES string of the molecule is N#Cc1c(NC(=S)NC(=O)c2ccc([N+](=O)[O-])cc2Cl)sc2c1CCCCC2. The third kappa shape index (κ3) is 4.30. The number of rotatable bonds is 3. The van der Waals surface area contributed by atoms with Crippen LogP contribution < -0.4 is 10.6 Å². The van der Waals surface area contributed by atoms with E-state index in [0.717, 1.165) is 43.7 Å². The molecule has 7 nitrogen and oxygen atoms in total. The fourth-order valence-corrected chi connectivity index (χ4v) is 4.82. The molecule has 0 fully saturated rings. The van der Waals surface area contributed by atoms with Crippen molar-refractivity contribution in [3.8, 4) is 6.07 Å². The van der Waals surface area contributed by atoms with E-state index < -0.39 is 10.8 Å². The van der Waals surface area contributed by atoms with Crippen LogP contribution in [-0.4, -0.2) is 15.9 Å². The molecule has 1 aromatic carbocycles. The number of aryl methyl sites for hydroxylation is 1. The molecule has 2 N–H and O–H groups in total. The Morgan fingerprint density at radius 3 is 2.75 bits per heavy atom. The molecule has 1 aliphatic rings. The molecule has 0 bridgehead atoms. The standard InChI is InChI=1S/C18H15ClN4O3S2/c19-14-8-10(23(25)26)6-7-12(14)16(24)21-18(27)22-17-13(9-20)11-4-2-1-3-5-15(11)28-17/h6-8H,1-5H2,(H2,21,22,24,27). The first-order valence-electron chi connectivity index (χ1n) is 8.51. The van der Waals surface area contributed by atoms with Gasteiger partial charge in [-0.2, -0.15) is 5.26 Å². The lowest BCUT2D eigenvalue weighted by Gasteiger charge is -2.09. The fraction of sp³-hybridized carbons (Fsp3) is 0.278. The molecule has 28 heavy (non-hydrogen) atoms. The van der Waals surface area contributed by atoms with E-state index in [1.165, 1.54) is 28.3 Å². The third-order valence-electron chi connectivity index (χ3n) is 4.40. The minimum atomic E-state index is -0.593. The van der Waals surface area contributed by atoms with Crippen molar-refractivity contribution in [1.82, 2.24) is 5.32 Å². The molecule has 1 aromatic heterocycles. The lowest BCUT2D eigenvalue weighted by Crippen LogP contribution is -2.34. The van der Waals surface area contributed by atoms with Crippen LogP contribution in [0, 0.1) is 21.4 Å². The number of carbonyl (C=O) groups is 1. The summed E-state index contributed by atoms with van der Waals surface area (Å²) in [6.07, 6.45) is 5.11. The van der Waals surface area contributed by atoms with E-state index in [0.29, 0.717) is 10.6 Å². The number of nitrogens with zero attached hydrogens (tertiary/aromatic N) is 2. The van der Waals surface area contributed by atoms with Crippen LogP contribution in [-0.2, 0) is 12.8 Å². The van der Waals surface area contributed by atoms with Crippen molar-refractivity contribution >= 4 is 56.9 Å². The molecule has 1 amide bonds. The Morgan fingerprint density at radius 1 is 1.32 bits per heavy atom. The molecule has 0 radical (unpaired) electrons. The zero-order valence-electron chi connectivity index (χ0n) is 14.6. The molecule has 0 spiro atoms. The van der Waals surface area contributed by atoms with Gasteiger partial charge in [0.05, 0.1) is 21.1 Å². The first kappa shape index (κ1) is 20.2. The Labute approximate surface area is 175 Å². The van der Waals surface area contributed by atoms with Crippen LogP contribution in [0.15, 0.2) is 18.2 Å². The van der Waals surface area contributed by atoms with E-state index in [1.807, 2.05) is 0 Å². The molecular weight excluding hydrogens is 420 g/mol. The van der Waals surface area contributed by atoms with Gasteiger partial charge in [-0.3, -0.25) is 20.2 Å². The Kier molecular flexibility index (Phi) is 6.24. The average Bonchev–Trinajstić information content (AvgIpc) is 2.80. The largest absolute Gasteiger partial charge is 0.323 e. The minimum absolute atomic E-state index is 0.0346. The van der Waals surface area contributed by atoms with Crippen LogP contribution in [0.25, 0.3) is 0 Å². The van der Waals surface area contributed by atoms with Crippen LogP contribution >= 0.6 is 35.2 Å². The summed E-state index contributed by atoms with van der Waals surface area (Å²) in [6.45, 7) is 0. The van der Waals surface area contributed by atoms with Crippen molar-refractivity contribution in [1.29, 1.82) is 5.26 Å². The summed E-state index contributed by atoms with van der Waals surface area (Å²) in [5.41, 5.74) is 1.51. The normalized spacial score (nSPS) is 13.0. The van der Waals surface area contributed by atoms with Gasteiger partial charge in [0, 0.05) is 17.0 Å². The Balaban J connectivity index is 1.73. The number of nitrogens with one attached hydrogen (secondary N) is 2. The molecule has 1 aliphatic carbocycles. The van der Waals surface area contributed by atoms with Crippen molar-refractivity contribution < 1.29 is 9.72 Å². The van der Waals surface area contributed by atoms with Gasteiger partial charge in [-0.1, -0.05) is 18.0 Å². The highest BCUT2D eigenvalue weighted by Gasteiger charge is 2.21. The van der Waals surface area contributed by atoms with E-state index in [-0.39, 0.29) is 21.4 Å². The second-order valence-electron chi connectivity index (χ2n) is 6.21. The summed E-state index contributed by atoms with van der Waals surface area (Å²) in [6, 6.07) is 5.81. The maximum Gasteiger partial charge on any atom is 0.270 e. The molecule has 0 atom stereocenters. The maximum atomic E-state index is 12.4. The number of thiophene rings is 1. The van der Waals surface area contributed by atoms with Gasteiger partial charge in [0.1, 0.15) is 11.1 Å². The van der Waals surface area contributed by atoms with E-state index in [9.17, 15) is 20.2 Å². The van der Waals surface area contributed by atoms with Gasteiger partial charge in [-0.15, -0.1) is 11.3 Å². The minimum Gasteiger partial charge on any atom is -0.323 e. The summed E-state index contributed by atoms with van der Waals surface area (Å²) < 4.78 is 0. The number of anilines is 1. The van der Waals surface area contributed by atoms with Gasteiger partial charge in [-0.25, -0.2) is 0 Å². The van der Waals surface area contributed by atoms with E-state index in [2.05, 4.69) is 16.7 Å². The van der Waals surface area contributed by atoms with Crippen molar-refractivity contribution in [2.75, 3.05) is 5.32 Å². The highest BCUT2D eigenvalue weighted by Crippen LogP contribution is 2.37. The lowest BCUT2D eigenvalue weighted by molar-refractivity contribution is -0.384. The molecule has 0 saturated carbocycles. The van der Waals surface area contributed by atoms with Gasteiger partial charge in [0.2, 0.25) is 0 Å². The van der Waals surface area contributed by atoms with Crippen molar-refractivity contribution in [3.05, 3.63) is 54.9 Å². The van der Waals surface area contributed by atoms with Gasteiger partial charge in [0.25, 0.3) is 11.6 Å². The van der Waals surface area contributed by atoms with Gasteiger partial charge < -0.3 is 5.32 Å². The van der Waals surface area contributed by atoms with Crippen LogP contribution in [0.2, 0.25) is 5.02 Å². The van der Waals surface area contributed by atoms with E-state index in [4.69, 9.17) is 23.8 Å². The van der Waals surface area contributed by atoms with Crippen molar-refractivity contribution in [2.24, 2.45) is 0 Å². The first-order valence-corrected chi connectivity index (χ1v) is 10.1. The number of fused-ring (bicyclic) bond motifs is 1. The van der Waals surface area contributed by atoms with E-state index >= 15 is 0 Å². The topological polar surface area (TPSA) is 108 Å². The van der Waals surface area contributed by atoms with Crippen molar-refractivity contribution in [3.63, 3.8) is 0 Å². The van der Waals surface area contributed by atoms with Gasteiger partial charge in [0.15, 0.2) is 5.11 Å². The maximum absolute atomic E-state index is 12.4. The summed E-state index contributed by atoms with van der Waals surface area (Å²) in [5.74, 6) is -0.589. The van der Waals surface area contributed by atoms with E-state index in [1.54, 1.807) is 0 Å². The number of amides is 1. The second kappa shape index (κ2) is 8.65. The highest BCUT2D eigenvalue weighted by atomic mass is 35.5. The molecular formula is C18H15ClN4O3S2. The van der Waals surface area contributed by atoms with Crippen LogP contribution in [0.5, 0.6) is 0 Å². The number of carbonyl (C=O) groups excluding carboxylic acids is 1. The summed E-state index contributed by atoms with van der Waals surface area (Å²) in [7, 11) is 0. The quantitative estimate of drug-likeness (QED) is 0.317. The Hall–Kier alpha value is -2.54. The van der Waals surface area contributed by atoms with Gasteiger partial charge in [-0.05, 0) is 49.5 Å². The number of nitro benzene ring substituents is 1. The number of halogens is 1. The van der Waals surface area contributed by atoms with Crippen LogP contribution in [0.1, 0.15) is 45.6 Å². The molecule has 0 unspecified atom stereocenters. The number of non-ortho nitro benzene ring substituents is 1. The molecule has 2 aromatic rings.